The average molecular weight is 491 g/mol. The van der Waals surface area contributed by atoms with Crippen molar-refractivity contribution in [1.29, 1.82) is 0 Å². The second-order valence-electron chi connectivity index (χ2n) is 9.11. The number of phosphoric ester groups is 1. The Morgan fingerprint density at radius 3 is 1.17 bits per heavy atom. The van der Waals surface area contributed by atoms with E-state index in [-0.39, 0.29) is 13.2 Å². The summed E-state index contributed by atoms with van der Waals surface area (Å²) in [7, 11) is -3.95. The lowest BCUT2D eigenvalue weighted by molar-refractivity contribution is -0.148. The van der Waals surface area contributed by atoms with Crippen molar-refractivity contribution in [3.63, 3.8) is 0 Å². The average Bonchev–Trinajstić information content (AvgIpc) is 2.59. The lowest BCUT2D eigenvalue weighted by Gasteiger charge is -2.24. The molecule has 10 heteroatoms. The van der Waals surface area contributed by atoms with Crippen LogP contribution in [0.15, 0.2) is 0 Å². The van der Waals surface area contributed by atoms with Crippen molar-refractivity contribution in [2.24, 2.45) is 23.7 Å². The molecule has 7 nitrogen and oxygen atoms in total. The Labute approximate surface area is 189 Å². The molecule has 0 aliphatic rings. The Bertz CT molecular complexity index is 445. The van der Waals surface area contributed by atoms with E-state index in [1.807, 2.05) is 0 Å². The number of hydrogen-bond acceptors (Lipinski definition) is 8. The van der Waals surface area contributed by atoms with Crippen LogP contribution in [-0.4, -0.2) is 26.4 Å². The highest BCUT2D eigenvalue weighted by Crippen LogP contribution is 2.58. The van der Waals surface area contributed by atoms with E-state index in [9.17, 15) is 4.57 Å². The maximum atomic E-state index is 13.1. The van der Waals surface area contributed by atoms with E-state index >= 15 is 0 Å². The van der Waals surface area contributed by atoms with Crippen molar-refractivity contribution in [1.82, 2.24) is 0 Å². The number of phosphoric acid groups is 1. The van der Waals surface area contributed by atoms with Crippen LogP contribution in [0.5, 0.6) is 0 Å². The van der Waals surface area contributed by atoms with Gasteiger partial charge < -0.3 is 9.05 Å². The smallest absolute Gasteiger partial charge is 0.307 e. The zero-order valence-corrected chi connectivity index (χ0v) is 22.7. The van der Waals surface area contributed by atoms with Crippen LogP contribution in [0.1, 0.15) is 81.1 Å². The fourth-order valence-electron chi connectivity index (χ4n) is 1.84. The van der Waals surface area contributed by atoms with Gasteiger partial charge in [-0.1, -0.05) is 55.4 Å². The summed E-state index contributed by atoms with van der Waals surface area (Å²) in [5.74, 6) is 1.66. The predicted octanol–water partition coefficient (Wildman–Crippen LogP) is 7.52. The van der Waals surface area contributed by atoms with Crippen LogP contribution in [0.2, 0.25) is 0 Å². The summed E-state index contributed by atoms with van der Waals surface area (Å²) in [6, 6.07) is 0. The van der Waals surface area contributed by atoms with Crippen LogP contribution in [-0.2, 0) is 43.8 Å². The van der Waals surface area contributed by atoms with Gasteiger partial charge in [-0.3, -0.25) is 9.05 Å². The molecule has 0 fully saturated rings. The Balaban J connectivity index is 5.04. The fraction of sp³-hybridized carbons (Fsp3) is 1.00. The first-order valence-corrected chi connectivity index (χ1v) is 15.1. The van der Waals surface area contributed by atoms with E-state index in [1.165, 1.54) is 0 Å². The molecule has 30 heavy (non-hydrogen) atoms. The largest absolute Gasteiger partial charge is 0.502 e. The Morgan fingerprint density at radius 2 is 0.867 bits per heavy atom. The van der Waals surface area contributed by atoms with Crippen molar-refractivity contribution in [3.8, 4) is 0 Å². The summed E-state index contributed by atoms with van der Waals surface area (Å²) in [6.07, 6.45) is 3.01. The Morgan fingerprint density at radius 1 is 0.567 bits per heavy atom. The molecule has 0 aliphatic heterocycles. The molecule has 0 saturated carbocycles. The number of rotatable bonds is 19. The van der Waals surface area contributed by atoms with Crippen LogP contribution in [0.25, 0.3) is 0 Å². The van der Waals surface area contributed by atoms with Gasteiger partial charge in [0.15, 0.2) is 0 Å². The number of hydrogen-bond donors (Lipinski definition) is 0. The molecule has 0 aromatic carbocycles. The summed E-state index contributed by atoms with van der Waals surface area (Å²) in [5.41, 5.74) is 0. The van der Waals surface area contributed by atoms with Crippen LogP contribution in [0, 0.1) is 23.7 Å². The third kappa shape index (κ3) is 17.2. The second-order valence-corrected chi connectivity index (χ2v) is 13.6. The Hall–Kier alpha value is 0.640. The predicted molar refractivity (Wildman–Crippen MR) is 126 cm³/mol. The lowest BCUT2D eigenvalue weighted by Crippen LogP contribution is -2.09. The maximum absolute atomic E-state index is 13.1. The van der Waals surface area contributed by atoms with Gasteiger partial charge >= 0.3 is 14.5 Å². The molecule has 0 atom stereocenters. The standard InChI is InChI=1S/C20H44O7P2S/c1-17(2)9-13-22-28(21,23-14-10-18(3)4)26-27-29(30,24-15-11-19(5)6)25-16-12-20(7)8/h17-20H,9-16H2,1-8H3. The van der Waals surface area contributed by atoms with Crippen molar-refractivity contribution in [2.75, 3.05) is 26.4 Å². The lowest BCUT2D eigenvalue weighted by atomic mass is 10.1. The van der Waals surface area contributed by atoms with E-state index < -0.39 is 14.5 Å². The molecule has 0 heterocycles. The summed E-state index contributed by atoms with van der Waals surface area (Å²) < 4.78 is 45.9. The normalized spacial score (nSPS) is 13.3. The molecule has 0 saturated heterocycles. The summed E-state index contributed by atoms with van der Waals surface area (Å²) in [6.45, 7) is 14.5. The van der Waals surface area contributed by atoms with Crippen molar-refractivity contribution in [2.45, 2.75) is 81.1 Å². The third-order valence-electron chi connectivity index (χ3n) is 3.99. The summed E-state index contributed by atoms with van der Waals surface area (Å²) >= 11 is 5.47. The van der Waals surface area contributed by atoms with E-state index in [1.54, 1.807) is 0 Å². The minimum Gasteiger partial charge on any atom is -0.307 e. The first-order chi connectivity index (χ1) is 13.9. The first kappa shape index (κ1) is 30.6. The van der Waals surface area contributed by atoms with Gasteiger partial charge in [-0.2, -0.15) is 0 Å². The van der Waals surface area contributed by atoms with Crippen molar-refractivity contribution >= 4 is 26.3 Å². The van der Waals surface area contributed by atoms with Crippen LogP contribution < -0.4 is 0 Å². The van der Waals surface area contributed by atoms with Crippen LogP contribution in [0.4, 0.5) is 0 Å². The molecular formula is C20H44O7P2S. The molecule has 0 unspecified atom stereocenters. The fourth-order valence-corrected chi connectivity index (χ4v) is 4.83. The molecule has 0 aromatic heterocycles. The molecule has 0 radical (unpaired) electrons. The van der Waals surface area contributed by atoms with Gasteiger partial charge in [0.25, 0.3) is 0 Å². The summed E-state index contributed by atoms with van der Waals surface area (Å²) in [5, 5.41) is 0. The molecule has 0 amide bonds. The second kappa shape index (κ2) is 16.3. The molecule has 0 aromatic rings. The zero-order valence-electron chi connectivity index (χ0n) is 20.1. The molecule has 0 bridgehead atoms. The highest BCUT2D eigenvalue weighted by atomic mass is 32.5. The van der Waals surface area contributed by atoms with Gasteiger partial charge in [-0.25, -0.2) is 4.57 Å². The molecular weight excluding hydrogens is 446 g/mol. The maximum Gasteiger partial charge on any atom is 0.502 e. The minimum absolute atomic E-state index is 0.227. The quantitative estimate of drug-likeness (QED) is 0.105. The Kier molecular flexibility index (Phi) is 16.6. The van der Waals surface area contributed by atoms with Crippen molar-refractivity contribution in [3.05, 3.63) is 0 Å². The molecule has 182 valence electrons. The summed E-state index contributed by atoms with van der Waals surface area (Å²) in [4.78, 5) is 0. The van der Waals surface area contributed by atoms with E-state index in [4.69, 9.17) is 39.3 Å². The highest BCUT2D eigenvalue weighted by Gasteiger charge is 2.34. The van der Waals surface area contributed by atoms with Gasteiger partial charge in [-0.15, -0.1) is 9.35 Å². The third-order valence-corrected chi connectivity index (χ3v) is 7.44. The highest BCUT2D eigenvalue weighted by molar-refractivity contribution is 8.07. The minimum atomic E-state index is -3.95. The van der Waals surface area contributed by atoms with Crippen molar-refractivity contribution < 1.29 is 32.0 Å². The van der Waals surface area contributed by atoms with Crippen LogP contribution >= 0.6 is 14.5 Å². The molecule has 0 N–H and O–H groups in total. The molecule has 0 spiro atoms. The van der Waals surface area contributed by atoms with E-state index in [0.29, 0.717) is 49.7 Å². The zero-order chi connectivity index (χ0) is 23.2. The van der Waals surface area contributed by atoms with Gasteiger partial charge in [0.1, 0.15) is 0 Å². The van der Waals surface area contributed by atoms with Gasteiger partial charge in [0.2, 0.25) is 0 Å². The van der Waals surface area contributed by atoms with E-state index in [2.05, 4.69) is 55.4 Å². The molecule has 0 aliphatic carbocycles. The van der Waals surface area contributed by atoms with Gasteiger partial charge in [0, 0.05) is 0 Å². The van der Waals surface area contributed by atoms with Gasteiger partial charge in [-0.05, 0) is 61.2 Å². The van der Waals surface area contributed by atoms with Gasteiger partial charge in [0.05, 0.1) is 26.4 Å². The topological polar surface area (TPSA) is 72.5 Å². The molecule has 0 rings (SSSR count). The monoisotopic (exact) mass is 490 g/mol. The SMILES string of the molecule is CC(C)CCOP(=O)(OCCC(C)C)OOP(=S)(OCCC(C)C)OCCC(C)C. The first-order valence-electron chi connectivity index (χ1n) is 11.0. The van der Waals surface area contributed by atoms with E-state index in [0.717, 1.165) is 12.8 Å². The van der Waals surface area contributed by atoms with Crippen LogP contribution in [0.3, 0.4) is 0 Å².